The van der Waals surface area contributed by atoms with E-state index in [1.54, 1.807) is 0 Å². The molecule has 0 aliphatic rings. The lowest BCUT2D eigenvalue weighted by Gasteiger charge is -2.06. The Morgan fingerprint density at radius 2 is 2.10 bits per heavy atom. The van der Waals surface area contributed by atoms with Crippen LogP contribution in [0.25, 0.3) is 11.4 Å². The molecule has 2 N–H and O–H groups in total. The summed E-state index contributed by atoms with van der Waals surface area (Å²) in [5, 5.41) is 3.68. The zero-order valence-electron chi connectivity index (χ0n) is 10.8. The normalized spacial score (nSPS) is 13.4. The van der Waals surface area contributed by atoms with E-state index in [0.29, 0.717) is 6.42 Å². The quantitative estimate of drug-likeness (QED) is 0.932. The number of benzene rings is 1. The summed E-state index contributed by atoms with van der Waals surface area (Å²) in [5.41, 5.74) is 5.32. The van der Waals surface area contributed by atoms with E-state index in [9.17, 15) is 13.2 Å². The van der Waals surface area contributed by atoms with Gasteiger partial charge in [-0.05, 0) is 18.6 Å². The van der Waals surface area contributed by atoms with Gasteiger partial charge in [-0.3, -0.25) is 0 Å². The average molecular weight is 285 g/mol. The third kappa shape index (κ3) is 3.16. The molecule has 1 atom stereocenters. The molecule has 7 heteroatoms. The zero-order chi connectivity index (χ0) is 14.8. The van der Waals surface area contributed by atoms with Crippen LogP contribution in [0.5, 0.6) is 0 Å². The minimum absolute atomic E-state index is 0.109. The first-order valence-electron chi connectivity index (χ1n) is 6.18. The molecule has 108 valence electrons. The van der Waals surface area contributed by atoms with Crippen molar-refractivity contribution < 1.29 is 17.7 Å². The molecular formula is C13H14F3N3O. The molecule has 0 saturated carbocycles. The van der Waals surface area contributed by atoms with Gasteiger partial charge in [0.15, 0.2) is 0 Å². The molecule has 0 aliphatic carbocycles. The van der Waals surface area contributed by atoms with Crippen molar-refractivity contribution in [2.45, 2.75) is 32.0 Å². The molecule has 0 amide bonds. The van der Waals surface area contributed by atoms with Gasteiger partial charge < -0.3 is 10.3 Å². The van der Waals surface area contributed by atoms with Crippen molar-refractivity contribution in [3.8, 4) is 11.4 Å². The van der Waals surface area contributed by atoms with Crippen molar-refractivity contribution in [2.24, 2.45) is 5.73 Å². The molecule has 1 heterocycles. The second-order valence-corrected chi connectivity index (χ2v) is 4.43. The van der Waals surface area contributed by atoms with Crippen molar-refractivity contribution in [1.29, 1.82) is 0 Å². The highest BCUT2D eigenvalue weighted by molar-refractivity contribution is 5.55. The van der Waals surface area contributed by atoms with Gasteiger partial charge in [0.2, 0.25) is 11.7 Å². The van der Waals surface area contributed by atoms with Gasteiger partial charge >= 0.3 is 6.18 Å². The maximum Gasteiger partial charge on any atom is 0.416 e. The lowest BCUT2D eigenvalue weighted by Crippen LogP contribution is -2.09. The lowest BCUT2D eigenvalue weighted by molar-refractivity contribution is -0.137. The van der Waals surface area contributed by atoms with Crippen LogP contribution in [-0.4, -0.2) is 10.1 Å². The van der Waals surface area contributed by atoms with Gasteiger partial charge in [0.05, 0.1) is 11.6 Å². The van der Waals surface area contributed by atoms with E-state index in [-0.39, 0.29) is 17.3 Å². The molecule has 1 aromatic carbocycles. The molecule has 1 unspecified atom stereocenters. The van der Waals surface area contributed by atoms with Crippen molar-refractivity contribution in [1.82, 2.24) is 10.1 Å². The number of hydrogen-bond acceptors (Lipinski definition) is 4. The fourth-order valence-corrected chi connectivity index (χ4v) is 1.77. The fraction of sp³-hybridized carbons (Fsp3) is 0.385. The predicted molar refractivity (Wildman–Crippen MR) is 66.6 cm³/mol. The monoisotopic (exact) mass is 285 g/mol. The number of alkyl halides is 3. The molecule has 1 aromatic heterocycles. The highest BCUT2D eigenvalue weighted by atomic mass is 19.4. The average Bonchev–Trinajstić information content (AvgIpc) is 2.88. The Morgan fingerprint density at radius 1 is 1.35 bits per heavy atom. The molecular weight excluding hydrogens is 271 g/mol. The van der Waals surface area contributed by atoms with Crippen LogP contribution in [0.2, 0.25) is 0 Å². The molecule has 0 aliphatic heterocycles. The number of rotatable bonds is 4. The van der Waals surface area contributed by atoms with Gasteiger partial charge in [-0.2, -0.15) is 18.2 Å². The van der Waals surface area contributed by atoms with E-state index < -0.39 is 17.8 Å². The van der Waals surface area contributed by atoms with E-state index in [0.717, 1.165) is 18.6 Å². The summed E-state index contributed by atoms with van der Waals surface area (Å²) in [6.45, 7) is 1.96. The molecule has 0 spiro atoms. The largest absolute Gasteiger partial charge is 0.416 e. The molecule has 2 aromatic rings. The Hall–Kier alpha value is -1.89. The van der Waals surface area contributed by atoms with E-state index in [1.165, 1.54) is 12.1 Å². The molecule has 0 fully saturated rings. The first-order valence-corrected chi connectivity index (χ1v) is 6.18. The molecule has 20 heavy (non-hydrogen) atoms. The summed E-state index contributed by atoms with van der Waals surface area (Å²) in [7, 11) is 0. The van der Waals surface area contributed by atoms with Crippen molar-refractivity contribution in [3.05, 3.63) is 35.7 Å². The van der Waals surface area contributed by atoms with Gasteiger partial charge in [0.1, 0.15) is 0 Å². The summed E-state index contributed by atoms with van der Waals surface area (Å²) in [6, 6.07) is 4.38. The van der Waals surface area contributed by atoms with Gasteiger partial charge in [-0.15, -0.1) is 0 Å². The summed E-state index contributed by atoms with van der Waals surface area (Å²) < 4.78 is 42.9. The van der Waals surface area contributed by atoms with Crippen LogP contribution in [0.15, 0.2) is 28.8 Å². The Labute approximate surface area is 113 Å². The summed E-state index contributed by atoms with van der Waals surface area (Å²) in [4.78, 5) is 4.05. The Bertz CT molecular complexity index is 580. The maximum absolute atomic E-state index is 12.6. The van der Waals surface area contributed by atoms with Crippen molar-refractivity contribution in [3.63, 3.8) is 0 Å². The van der Waals surface area contributed by atoms with Crippen LogP contribution < -0.4 is 5.73 Å². The molecule has 0 radical (unpaired) electrons. The minimum atomic E-state index is -4.40. The third-order valence-electron chi connectivity index (χ3n) is 2.81. The SMILES string of the molecule is CCCC(N)c1nc(-c2cccc(C(F)(F)F)c2)no1. The third-order valence-corrected chi connectivity index (χ3v) is 2.81. The van der Waals surface area contributed by atoms with Gasteiger partial charge in [-0.1, -0.05) is 30.6 Å². The molecule has 4 nitrogen and oxygen atoms in total. The van der Waals surface area contributed by atoms with Crippen LogP contribution in [0.1, 0.15) is 37.3 Å². The second kappa shape index (κ2) is 5.62. The number of halogens is 3. The Morgan fingerprint density at radius 3 is 2.75 bits per heavy atom. The summed E-state index contributed by atoms with van der Waals surface area (Å²) >= 11 is 0. The van der Waals surface area contributed by atoms with Gasteiger partial charge in [0, 0.05) is 5.56 Å². The molecule has 2 rings (SSSR count). The minimum Gasteiger partial charge on any atom is -0.337 e. The van der Waals surface area contributed by atoms with E-state index >= 15 is 0 Å². The van der Waals surface area contributed by atoms with Crippen LogP contribution in [0.3, 0.4) is 0 Å². The van der Waals surface area contributed by atoms with Crippen LogP contribution in [0.4, 0.5) is 13.2 Å². The summed E-state index contributed by atoms with van der Waals surface area (Å²) in [6.07, 6.45) is -2.88. The van der Waals surface area contributed by atoms with E-state index in [4.69, 9.17) is 10.3 Å². The van der Waals surface area contributed by atoms with Crippen molar-refractivity contribution in [2.75, 3.05) is 0 Å². The highest BCUT2D eigenvalue weighted by Gasteiger charge is 2.30. The first-order chi connectivity index (χ1) is 9.41. The lowest BCUT2D eigenvalue weighted by atomic mass is 10.1. The van der Waals surface area contributed by atoms with Crippen LogP contribution in [-0.2, 0) is 6.18 Å². The molecule has 0 saturated heterocycles. The fourth-order valence-electron chi connectivity index (χ4n) is 1.77. The van der Waals surface area contributed by atoms with Crippen molar-refractivity contribution >= 4 is 0 Å². The highest BCUT2D eigenvalue weighted by Crippen LogP contribution is 2.31. The van der Waals surface area contributed by atoms with Crippen LogP contribution in [0, 0.1) is 0 Å². The number of hydrogen-bond donors (Lipinski definition) is 1. The Balaban J connectivity index is 2.28. The van der Waals surface area contributed by atoms with Gasteiger partial charge in [-0.25, -0.2) is 0 Å². The number of aromatic nitrogens is 2. The molecule has 0 bridgehead atoms. The van der Waals surface area contributed by atoms with E-state index in [1.807, 2.05) is 6.92 Å². The first kappa shape index (κ1) is 14.5. The standard InChI is InChI=1S/C13H14F3N3O/c1-2-4-10(17)12-18-11(19-20-12)8-5-3-6-9(7-8)13(14,15)16/h3,5-7,10H,2,4,17H2,1H3. The maximum atomic E-state index is 12.6. The predicted octanol–water partition coefficient (Wildman–Crippen LogP) is 3.56. The number of nitrogens with two attached hydrogens (primary N) is 1. The smallest absolute Gasteiger partial charge is 0.337 e. The second-order valence-electron chi connectivity index (χ2n) is 4.43. The Kier molecular flexibility index (Phi) is 4.08. The topological polar surface area (TPSA) is 64.9 Å². The van der Waals surface area contributed by atoms with Crippen LogP contribution >= 0.6 is 0 Å². The van der Waals surface area contributed by atoms with Gasteiger partial charge in [0.25, 0.3) is 0 Å². The van der Waals surface area contributed by atoms with E-state index in [2.05, 4.69) is 10.1 Å². The summed E-state index contributed by atoms with van der Waals surface area (Å²) in [5.74, 6) is 0.344. The number of nitrogens with zero attached hydrogens (tertiary/aromatic N) is 2. The zero-order valence-corrected chi connectivity index (χ0v) is 10.8.